The SMILES string of the molecule is COC1CCCC1NC(=O)NC1(C(=O)O)CCOC1. The van der Waals surface area contributed by atoms with Crippen molar-refractivity contribution in [3.05, 3.63) is 0 Å². The molecule has 0 spiro atoms. The third kappa shape index (κ3) is 2.98. The van der Waals surface area contributed by atoms with Crippen LogP contribution in [0.5, 0.6) is 0 Å². The molecule has 2 aliphatic rings. The molecule has 2 fully saturated rings. The van der Waals surface area contributed by atoms with Crippen LogP contribution in [0.25, 0.3) is 0 Å². The van der Waals surface area contributed by atoms with Crippen LogP contribution in [0.1, 0.15) is 25.7 Å². The van der Waals surface area contributed by atoms with Crippen LogP contribution in [0, 0.1) is 0 Å². The molecule has 1 aliphatic heterocycles. The van der Waals surface area contributed by atoms with Gasteiger partial charge < -0.3 is 25.2 Å². The maximum absolute atomic E-state index is 11.9. The van der Waals surface area contributed by atoms with Crippen LogP contribution >= 0.6 is 0 Å². The maximum atomic E-state index is 11.9. The number of carbonyl (C=O) groups is 2. The average molecular weight is 272 g/mol. The van der Waals surface area contributed by atoms with Gasteiger partial charge in [0.25, 0.3) is 0 Å². The van der Waals surface area contributed by atoms with Gasteiger partial charge in [-0.15, -0.1) is 0 Å². The standard InChI is InChI=1S/C12H20N2O5/c1-18-9-4-2-3-8(9)13-11(17)14-12(10(15)16)5-6-19-7-12/h8-9H,2-7H2,1H3,(H,15,16)(H2,13,14,17). The lowest BCUT2D eigenvalue weighted by atomic mass is 9.99. The van der Waals surface area contributed by atoms with Crippen molar-refractivity contribution in [3.8, 4) is 0 Å². The molecule has 7 heteroatoms. The Morgan fingerprint density at radius 1 is 1.42 bits per heavy atom. The molecule has 1 heterocycles. The molecule has 2 rings (SSSR count). The van der Waals surface area contributed by atoms with Crippen molar-refractivity contribution in [1.82, 2.24) is 10.6 Å². The number of carboxylic acids is 1. The van der Waals surface area contributed by atoms with E-state index in [1.807, 2.05) is 0 Å². The normalized spacial score (nSPS) is 34.2. The van der Waals surface area contributed by atoms with Crippen molar-refractivity contribution >= 4 is 12.0 Å². The monoisotopic (exact) mass is 272 g/mol. The molecule has 108 valence electrons. The minimum Gasteiger partial charge on any atom is -0.479 e. The molecule has 0 bridgehead atoms. The van der Waals surface area contributed by atoms with Crippen LogP contribution in [-0.2, 0) is 14.3 Å². The van der Waals surface area contributed by atoms with Gasteiger partial charge in [0.1, 0.15) is 0 Å². The van der Waals surface area contributed by atoms with E-state index in [-0.39, 0.29) is 25.2 Å². The Balaban J connectivity index is 1.91. The fourth-order valence-corrected chi connectivity index (χ4v) is 2.68. The highest BCUT2D eigenvalue weighted by Gasteiger charge is 2.44. The zero-order chi connectivity index (χ0) is 13.9. The number of ether oxygens (including phenoxy) is 2. The summed E-state index contributed by atoms with van der Waals surface area (Å²) in [4.78, 5) is 23.2. The van der Waals surface area contributed by atoms with Crippen LogP contribution in [-0.4, -0.2) is 55.1 Å². The Morgan fingerprint density at radius 3 is 2.79 bits per heavy atom. The number of methoxy groups -OCH3 is 1. The predicted molar refractivity (Wildman–Crippen MR) is 65.9 cm³/mol. The summed E-state index contributed by atoms with van der Waals surface area (Å²) in [5.74, 6) is -1.06. The quantitative estimate of drug-likeness (QED) is 0.674. The van der Waals surface area contributed by atoms with E-state index in [0.717, 1.165) is 19.3 Å². The molecular weight excluding hydrogens is 252 g/mol. The second-order valence-corrected chi connectivity index (χ2v) is 5.10. The third-order valence-corrected chi connectivity index (χ3v) is 3.86. The minimum atomic E-state index is -1.30. The smallest absolute Gasteiger partial charge is 0.332 e. The highest BCUT2D eigenvalue weighted by molar-refractivity contribution is 5.86. The molecule has 19 heavy (non-hydrogen) atoms. The van der Waals surface area contributed by atoms with Gasteiger partial charge in [0, 0.05) is 20.1 Å². The van der Waals surface area contributed by atoms with E-state index in [9.17, 15) is 14.7 Å². The molecule has 1 saturated heterocycles. The Kier molecular flexibility index (Phi) is 4.26. The molecular formula is C12H20N2O5. The first-order chi connectivity index (χ1) is 9.07. The Morgan fingerprint density at radius 2 is 2.21 bits per heavy atom. The first-order valence-electron chi connectivity index (χ1n) is 6.50. The van der Waals surface area contributed by atoms with Gasteiger partial charge in [0.15, 0.2) is 5.54 Å². The number of hydrogen-bond acceptors (Lipinski definition) is 4. The minimum absolute atomic E-state index is 0.00589. The van der Waals surface area contributed by atoms with Crippen molar-refractivity contribution in [2.75, 3.05) is 20.3 Å². The first kappa shape index (κ1) is 14.1. The van der Waals surface area contributed by atoms with Crippen LogP contribution in [0.2, 0.25) is 0 Å². The van der Waals surface area contributed by atoms with Gasteiger partial charge in [0.05, 0.1) is 18.8 Å². The second-order valence-electron chi connectivity index (χ2n) is 5.10. The number of amides is 2. The molecule has 2 amide bonds. The van der Waals surface area contributed by atoms with Crippen LogP contribution in [0.4, 0.5) is 4.79 Å². The van der Waals surface area contributed by atoms with Crippen LogP contribution in [0.3, 0.4) is 0 Å². The fraction of sp³-hybridized carbons (Fsp3) is 0.833. The second kappa shape index (κ2) is 5.75. The number of rotatable bonds is 4. The van der Waals surface area contributed by atoms with Crippen LogP contribution in [0.15, 0.2) is 0 Å². The van der Waals surface area contributed by atoms with Crippen molar-refractivity contribution < 1.29 is 24.2 Å². The molecule has 1 saturated carbocycles. The summed E-state index contributed by atoms with van der Waals surface area (Å²) in [6.45, 7) is 0.352. The van der Waals surface area contributed by atoms with Gasteiger partial charge in [-0.3, -0.25) is 0 Å². The van der Waals surface area contributed by atoms with Crippen molar-refractivity contribution in [3.63, 3.8) is 0 Å². The van der Waals surface area contributed by atoms with E-state index in [1.165, 1.54) is 0 Å². The summed E-state index contributed by atoms with van der Waals surface area (Å²) in [5, 5.41) is 14.6. The molecule has 3 unspecified atom stereocenters. The Labute approximate surface area is 111 Å². The lowest BCUT2D eigenvalue weighted by Crippen LogP contribution is -2.59. The molecule has 0 aromatic heterocycles. The number of carbonyl (C=O) groups excluding carboxylic acids is 1. The molecule has 1 aliphatic carbocycles. The number of urea groups is 1. The largest absolute Gasteiger partial charge is 0.479 e. The number of carboxylic acid groups (broad SMARTS) is 1. The van der Waals surface area contributed by atoms with Gasteiger partial charge in [-0.05, 0) is 19.3 Å². The van der Waals surface area contributed by atoms with E-state index >= 15 is 0 Å². The molecule has 7 nitrogen and oxygen atoms in total. The Bertz CT molecular complexity index is 354. The van der Waals surface area contributed by atoms with Gasteiger partial charge in [0.2, 0.25) is 0 Å². The summed E-state index contributed by atoms with van der Waals surface area (Å²) >= 11 is 0. The fourth-order valence-electron chi connectivity index (χ4n) is 2.68. The zero-order valence-electron chi connectivity index (χ0n) is 11.0. The predicted octanol–water partition coefficient (Wildman–Crippen LogP) is 0.0968. The van der Waals surface area contributed by atoms with Crippen LogP contribution < -0.4 is 10.6 Å². The van der Waals surface area contributed by atoms with Gasteiger partial charge in [-0.2, -0.15) is 0 Å². The number of hydrogen-bond donors (Lipinski definition) is 3. The summed E-state index contributed by atoms with van der Waals surface area (Å²) in [5.41, 5.74) is -1.30. The van der Waals surface area contributed by atoms with E-state index in [2.05, 4.69) is 10.6 Å². The van der Waals surface area contributed by atoms with Crippen molar-refractivity contribution in [2.45, 2.75) is 43.4 Å². The zero-order valence-corrected chi connectivity index (χ0v) is 11.0. The topological polar surface area (TPSA) is 96.9 Å². The lowest BCUT2D eigenvalue weighted by molar-refractivity contribution is -0.144. The molecule has 3 N–H and O–H groups in total. The van der Waals surface area contributed by atoms with E-state index in [4.69, 9.17) is 9.47 Å². The maximum Gasteiger partial charge on any atom is 0.332 e. The van der Waals surface area contributed by atoms with E-state index < -0.39 is 17.5 Å². The van der Waals surface area contributed by atoms with E-state index in [0.29, 0.717) is 6.61 Å². The number of nitrogens with one attached hydrogen (secondary N) is 2. The van der Waals surface area contributed by atoms with Gasteiger partial charge in [-0.25, -0.2) is 9.59 Å². The van der Waals surface area contributed by atoms with Crippen molar-refractivity contribution in [1.29, 1.82) is 0 Å². The summed E-state index contributed by atoms with van der Waals surface area (Å²) in [6, 6.07) is -0.528. The molecule has 0 aromatic carbocycles. The number of aliphatic carboxylic acids is 1. The lowest BCUT2D eigenvalue weighted by Gasteiger charge is -2.26. The third-order valence-electron chi connectivity index (χ3n) is 3.86. The summed E-state index contributed by atoms with van der Waals surface area (Å²) in [7, 11) is 1.62. The molecule has 3 atom stereocenters. The van der Waals surface area contributed by atoms with Gasteiger partial charge >= 0.3 is 12.0 Å². The molecule has 0 radical (unpaired) electrons. The van der Waals surface area contributed by atoms with E-state index in [1.54, 1.807) is 7.11 Å². The highest BCUT2D eigenvalue weighted by atomic mass is 16.5. The molecule has 0 aromatic rings. The average Bonchev–Trinajstić information content (AvgIpc) is 2.98. The first-order valence-corrected chi connectivity index (χ1v) is 6.50. The van der Waals surface area contributed by atoms with Gasteiger partial charge in [-0.1, -0.05) is 0 Å². The summed E-state index contributed by atoms with van der Waals surface area (Å²) in [6.07, 6.45) is 3.05. The highest BCUT2D eigenvalue weighted by Crippen LogP contribution is 2.22. The Hall–Kier alpha value is -1.34. The summed E-state index contributed by atoms with van der Waals surface area (Å²) < 4.78 is 10.4. The van der Waals surface area contributed by atoms with Crippen molar-refractivity contribution in [2.24, 2.45) is 0 Å².